The number of nitrogens with one attached hydrogen (secondary N) is 1. The van der Waals surface area contributed by atoms with Crippen LogP contribution < -0.4 is 11.1 Å². The molecule has 0 saturated heterocycles. The van der Waals surface area contributed by atoms with Crippen molar-refractivity contribution in [3.8, 4) is 0 Å². The van der Waals surface area contributed by atoms with Crippen molar-refractivity contribution in [2.75, 3.05) is 18.1 Å². The number of halogens is 1. The summed E-state index contributed by atoms with van der Waals surface area (Å²) in [6, 6.07) is 16.4. The molecule has 2 aromatic rings. The number of nitrogens with two attached hydrogens (primary N) is 1. The summed E-state index contributed by atoms with van der Waals surface area (Å²) >= 11 is 0. The zero-order valence-electron chi connectivity index (χ0n) is 12.8. The smallest absolute Gasteiger partial charge is 0.193 e. The van der Waals surface area contributed by atoms with Crippen molar-refractivity contribution in [2.24, 2.45) is 10.7 Å². The van der Waals surface area contributed by atoms with Crippen LogP contribution >= 0.6 is 24.0 Å². The van der Waals surface area contributed by atoms with Gasteiger partial charge in [-0.05, 0) is 36.2 Å². The Labute approximate surface area is 154 Å². The SMILES string of the molecule is CS(=O)(=O)c1ccc(CCN=C(N)Nc2ccccc2)cc1.I. The second-order valence-corrected chi connectivity index (χ2v) is 6.94. The third-order valence-corrected chi connectivity index (χ3v) is 4.21. The first-order valence-corrected chi connectivity index (χ1v) is 8.75. The third kappa shape index (κ3) is 6.57. The van der Waals surface area contributed by atoms with Crippen LogP contribution in [0.3, 0.4) is 0 Å². The molecule has 5 nitrogen and oxygen atoms in total. The van der Waals surface area contributed by atoms with Gasteiger partial charge in [0.25, 0.3) is 0 Å². The number of anilines is 1. The molecule has 3 N–H and O–H groups in total. The molecule has 0 aliphatic heterocycles. The molecule has 0 saturated carbocycles. The molecule has 0 spiro atoms. The van der Waals surface area contributed by atoms with Crippen LogP contribution in [-0.2, 0) is 16.3 Å². The summed E-state index contributed by atoms with van der Waals surface area (Å²) in [4.78, 5) is 4.58. The van der Waals surface area contributed by atoms with Gasteiger partial charge in [-0.2, -0.15) is 0 Å². The van der Waals surface area contributed by atoms with Gasteiger partial charge in [-0.3, -0.25) is 4.99 Å². The molecule has 0 amide bonds. The number of aliphatic imine (C=N–C) groups is 1. The van der Waals surface area contributed by atoms with Gasteiger partial charge in [0.1, 0.15) is 0 Å². The van der Waals surface area contributed by atoms with E-state index in [0.29, 0.717) is 23.8 Å². The Morgan fingerprint density at radius 2 is 1.70 bits per heavy atom. The minimum Gasteiger partial charge on any atom is -0.370 e. The molecule has 0 bridgehead atoms. The van der Waals surface area contributed by atoms with Crippen LogP contribution in [0.4, 0.5) is 5.69 Å². The quantitative estimate of drug-likeness (QED) is 0.421. The van der Waals surface area contributed by atoms with E-state index in [1.54, 1.807) is 24.3 Å². The van der Waals surface area contributed by atoms with Gasteiger partial charge in [-0.25, -0.2) is 8.42 Å². The molecule has 2 aromatic carbocycles. The van der Waals surface area contributed by atoms with E-state index in [0.717, 1.165) is 11.3 Å². The number of guanidine groups is 1. The van der Waals surface area contributed by atoms with E-state index in [2.05, 4.69) is 10.3 Å². The number of benzene rings is 2. The highest BCUT2D eigenvalue weighted by molar-refractivity contribution is 14.0. The van der Waals surface area contributed by atoms with E-state index in [9.17, 15) is 8.42 Å². The summed E-state index contributed by atoms with van der Waals surface area (Å²) in [5.74, 6) is 0.360. The first-order chi connectivity index (χ1) is 10.4. The Bertz CT molecular complexity index is 745. The van der Waals surface area contributed by atoms with E-state index >= 15 is 0 Å². The fraction of sp³-hybridized carbons (Fsp3) is 0.188. The molecule has 2 rings (SSSR count). The average molecular weight is 445 g/mol. The second-order valence-electron chi connectivity index (χ2n) is 4.92. The highest BCUT2D eigenvalue weighted by Gasteiger charge is 2.05. The van der Waals surface area contributed by atoms with E-state index < -0.39 is 9.84 Å². The van der Waals surface area contributed by atoms with E-state index in [-0.39, 0.29) is 24.0 Å². The maximum absolute atomic E-state index is 11.4. The van der Waals surface area contributed by atoms with Crippen LogP contribution in [0.2, 0.25) is 0 Å². The molecule has 0 atom stereocenters. The van der Waals surface area contributed by atoms with Gasteiger partial charge < -0.3 is 11.1 Å². The highest BCUT2D eigenvalue weighted by Crippen LogP contribution is 2.11. The van der Waals surface area contributed by atoms with Crippen LogP contribution in [0.1, 0.15) is 5.56 Å². The molecular formula is C16H20IN3O2S. The maximum Gasteiger partial charge on any atom is 0.193 e. The molecule has 0 aliphatic carbocycles. The summed E-state index contributed by atoms with van der Waals surface area (Å²) in [6.07, 6.45) is 1.89. The molecule has 0 radical (unpaired) electrons. The average Bonchev–Trinajstić information content (AvgIpc) is 2.48. The summed E-state index contributed by atoms with van der Waals surface area (Å²) < 4.78 is 22.7. The number of para-hydroxylation sites is 1. The van der Waals surface area contributed by atoms with Crippen molar-refractivity contribution in [3.63, 3.8) is 0 Å². The van der Waals surface area contributed by atoms with Gasteiger partial charge in [0, 0.05) is 18.5 Å². The number of hydrogen-bond donors (Lipinski definition) is 2. The predicted octanol–water partition coefficient (Wildman–Crippen LogP) is 2.68. The fourth-order valence-electron chi connectivity index (χ4n) is 1.92. The van der Waals surface area contributed by atoms with Gasteiger partial charge in [0.15, 0.2) is 15.8 Å². The lowest BCUT2D eigenvalue weighted by Gasteiger charge is -2.05. The van der Waals surface area contributed by atoms with E-state index in [1.165, 1.54) is 6.26 Å². The van der Waals surface area contributed by atoms with Crippen molar-refractivity contribution in [3.05, 3.63) is 60.2 Å². The summed E-state index contributed by atoms with van der Waals surface area (Å²) in [5, 5.41) is 3.01. The van der Waals surface area contributed by atoms with Gasteiger partial charge in [-0.15, -0.1) is 24.0 Å². The monoisotopic (exact) mass is 445 g/mol. The minimum absolute atomic E-state index is 0. The molecular weight excluding hydrogens is 425 g/mol. The highest BCUT2D eigenvalue weighted by atomic mass is 127. The molecule has 0 unspecified atom stereocenters. The zero-order chi connectivity index (χ0) is 16.0. The van der Waals surface area contributed by atoms with E-state index in [4.69, 9.17) is 5.73 Å². The predicted molar refractivity (Wildman–Crippen MR) is 105 cm³/mol. The maximum atomic E-state index is 11.4. The van der Waals surface area contributed by atoms with Gasteiger partial charge in [0.2, 0.25) is 0 Å². The number of nitrogens with zero attached hydrogens (tertiary/aromatic N) is 1. The van der Waals surface area contributed by atoms with Gasteiger partial charge >= 0.3 is 0 Å². The molecule has 23 heavy (non-hydrogen) atoms. The van der Waals surface area contributed by atoms with Crippen LogP contribution in [0, 0.1) is 0 Å². The van der Waals surface area contributed by atoms with E-state index in [1.807, 2.05) is 30.3 Å². The summed E-state index contributed by atoms with van der Waals surface area (Å²) in [7, 11) is -3.15. The molecule has 124 valence electrons. The van der Waals surface area contributed by atoms with Crippen LogP contribution in [0.15, 0.2) is 64.5 Å². The Kier molecular flexibility index (Phi) is 7.50. The van der Waals surface area contributed by atoms with Gasteiger partial charge in [0.05, 0.1) is 4.90 Å². The largest absolute Gasteiger partial charge is 0.370 e. The normalized spacial score (nSPS) is 11.6. The number of hydrogen-bond acceptors (Lipinski definition) is 3. The Balaban J connectivity index is 0.00000264. The third-order valence-electron chi connectivity index (χ3n) is 3.08. The van der Waals surface area contributed by atoms with Crippen molar-refractivity contribution in [1.29, 1.82) is 0 Å². The summed E-state index contributed by atoms with van der Waals surface area (Å²) in [5.41, 5.74) is 7.72. The van der Waals surface area contributed by atoms with Crippen molar-refractivity contribution < 1.29 is 8.42 Å². The zero-order valence-corrected chi connectivity index (χ0v) is 15.9. The lowest BCUT2D eigenvalue weighted by molar-refractivity contribution is 0.602. The van der Waals surface area contributed by atoms with Crippen molar-refractivity contribution in [1.82, 2.24) is 0 Å². The fourth-order valence-corrected chi connectivity index (χ4v) is 2.55. The summed E-state index contributed by atoms with van der Waals surface area (Å²) in [6.45, 7) is 0.532. The van der Waals surface area contributed by atoms with Crippen LogP contribution in [0.25, 0.3) is 0 Å². The van der Waals surface area contributed by atoms with Crippen LogP contribution in [0.5, 0.6) is 0 Å². The molecule has 0 fully saturated rings. The van der Waals surface area contributed by atoms with Crippen molar-refractivity contribution in [2.45, 2.75) is 11.3 Å². The molecule has 0 heterocycles. The molecule has 0 aromatic heterocycles. The van der Waals surface area contributed by atoms with Crippen molar-refractivity contribution >= 4 is 45.5 Å². The van der Waals surface area contributed by atoms with Crippen LogP contribution in [-0.4, -0.2) is 27.2 Å². The number of rotatable bonds is 5. The Morgan fingerprint density at radius 1 is 1.09 bits per heavy atom. The first kappa shape index (κ1) is 19.4. The first-order valence-electron chi connectivity index (χ1n) is 6.86. The minimum atomic E-state index is -3.15. The molecule has 7 heteroatoms. The Morgan fingerprint density at radius 3 is 2.26 bits per heavy atom. The molecule has 0 aliphatic rings. The van der Waals surface area contributed by atoms with Gasteiger partial charge in [-0.1, -0.05) is 30.3 Å². The lowest BCUT2D eigenvalue weighted by atomic mass is 10.1. The Hall–Kier alpha value is -1.61. The standard InChI is InChI=1S/C16H19N3O2S.HI/c1-22(20,21)15-9-7-13(8-10-15)11-12-18-16(17)19-14-5-3-2-4-6-14;/h2-10H,11-12H2,1H3,(H3,17,18,19);1H. The topological polar surface area (TPSA) is 84.5 Å². The number of sulfone groups is 1. The second kappa shape index (κ2) is 8.88. The lowest BCUT2D eigenvalue weighted by Crippen LogP contribution is -2.23.